The third-order valence-corrected chi connectivity index (χ3v) is 3.57. The normalized spacial score (nSPS) is 10.7. The lowest BCUT2D eigenvalue weighted by molar-refractivity contribution is 0.416. The molecule has 0 spiro atoms. The van der Waals surface area contributed by atoms with Crippen LogP contribution in [0.4, 0.5) is 5.69 Å². The Kier molecular flexibility index (Phi) is 5.50. The third kappa shape index (κ3) is 3.65. The van der Waals surface area contributed by atoms with Crippen LogP contribution in [0.25, 0.3) is 0 Å². The molecule has 0 radical (unpaired) electrons. The topological polar surface area (TPSA) is 56.4 Å². The van der Waals surface area contributed by atoms with E-state index in [4.69, 9.17) is 11.1 Å². The molecule has 0 heterocycles. The first kappa shape index (κ1) is 14.9. The molecule has 0 atom stereocenters. The Morgan fingerprint density at radius 1 is 1.28 bits per heavy atom. The number of rotatable bonds is 6. The maximum atomic E-state index is 7.76. The summed E-state index contributed by atoms with van der Waals surface area (Å²) >= 11 is 1.62. The van der Waals surface area contributed by atoms with Crippen molar-refractivity contribution >= 4 is 23.3 Å². The molecule has 1 aromatic rings. The van der Waals surface area contributed by atoms with Gasteiger partial charge in [0.1, 0.15) is 5.84 Å². The molecular weight excluding hydrogens is 244 g/mol. The number of nitrogens with one attached hydrogen (secondary N) is 1. The molecule has 0 bridgehead atoms. The predicted octanol–water partition coefficient (Wildman–Crippen LogP) is 1.69. The van der Waals surface area contributed by atoms with E-state index in [0.29, 0.717) is 0 Å². The summed E-state index contributed by atoms with van der Waals surface area (Å²) in [5.41, 5.74) is 7.58. The van der Waals surface area contributed by atoms with Crippen molar-refractivity contribution in [3.05, 3.63) is 23.8 Å². The molecule has 0 unspecified atom stereocenters. The standard InChI is InChI=1S/C13H22N4S/c1-16(2)8-9-17(3)10-6-5-7-11(18-4)12(10)13(14)15/h5-7H,8-9H2,1-4H3,(H3,14,15). The Hall–Kier alpha value is -1.20. The van der Waals surface area contributed by atoms with E-state index in [1.807, 2.05) is 31.5 Å². The fraction of sp³-hybridized carbons (Fsp3) is 0.462. The second kappa shape index (κ2) is 6.66. The van der Waals surface area contributed by atoms with Crippen LogP contribution in [0, 0.1) is 5.41 Å². The van der Waals surface area contributed by atoms with Crippen LogP contribution in [-0.2, 0) is 0 Å². The van der Waals surface area contributed by atoms with E-state index in [0.717, 1.165) is 29.2 Å². The van der Waals surface area contributed by atoms with E-state index in [1.165, 1.54) is 0 Å². The Balaban J connectivity index is 3.03. The molecule has 0 aliphatic carbocycles. The molecule has 0 saturated carbocycles. The van der Waals surface area contributed by atoms with E-state index < -0.39 is 0 Å². The smallest absolute Gasteiger partial charge is 0.126 e. The first-order valence-corrected chi connectivity index (χ1v) is 7.07. The summed E-state index contributed by atoms with van der Waals surface area (Å²) in [6, 6.07) is 6.04. The summed E-state index contributed by atoms with van der Waals surface area (Å²) in [5, 5.41) is 7.76. The van der Waals surface area contributed by atoms with E-state index in [2.05, 4.69) is 23.9 Å². The predicted molar refractivity (Wildman–Crippen MR) is 81.1 cm³/mol. The summed E-state index contributed by atoms with van der Waals surface area (Å²) < 4.78 is 0. The highest BCUT2D eigenvalue weighted by molar-refractivity contribution is 7.98. The zero-order valence-electron chi connectivity index (χ0n) is 11.5. The van der Waals surface area contributed by atoms with Crippen molar-refractivity contribution in [2.24, 2.45) is 5.73 Å². The average molecular weight is 266 g/mol. The number of thioether (sulfide) groups is 1. The molecule has 18 heavy (non-hydrogen) atoms. The van der Waals surface area contributed by atoms with Gasteiger partial charge in [-0.1, -0.05) is 6.07 Å². The van der Waals surface area contributed by atoms with Gasteiger partial charge in [0.25, 0.3) is 0 Å². The molecule has 0 saturated heterocycles. The van der Waals surface area contributed by atoms with Crippen LogP contribution in [0.3, 0.4) is 0 Å². The number of benzene rings is 1. The highest BCUT2D eigenvalue weighted by atomic mass is 32.2. The molecule has 1 rings (SSSR count). The van der Waals surface area contributed by atoms with Crippen LogP contribution in [0.5, 0.6) is 0 Å². The number of nitrogen functional groups attached to an aromatic ring is 1. The number of amidine groups is 1. The lowest BCUT2D eigenvalue weighted by Gasteiger charge is -2.25. The number of anilines is 1. The van der Waals surface area contributed by atoms with E-state index in [1.54, 1.807) is 11.8 Å². The second-order valence-electron chi connectivity index (χ2n) is 4.49. The summed E-state index contributed by atoms with van der Waals surface area (Å²) in [6.07, 6.45) is 2.01. The Morgan fingerprint density at radius 3 is 2.44 bits per heavy atom. The Morgan fingerprint density at radius 2 is 1.94 bits per heavy atom. The Labute approximate surface area is 114 Å². The maximum absolute atomic E-state index is 7.76. The largest absolute Gasteiger partial charge is 0.384 e. The summed E-state index contributed by atoms with van der Waals surface area (Å²) in [7, 11) is 6.14. The van der Waals surface area contributed by atoms with Crippen LogP contribution in [-0.4, -0.2) is 51.2 Å². The van der Waals surface area contributed by atoms with Crippen molar-refractivity contribution in [2.45, 2.75) is 4.90 Å². The first-order chi connectivity index (χ1) is 8.47. The van der Waals surface area contributed by atoms with Gasteiger partial charge in [-0.15, -0.1) is 11.8 Å². The molecule has 0 aromatic heterocycles. The van der Waals surface area contributed by atoms with Crippen LogP contribution >= 0.6 is 11.8 Å². The molecule has 5 heteroatoms. The highest BCUT2D eigenvalue weighted by Gasteiger charge is 2.13. The van der Waals surface area contributed by atoms with Gasteiger partial charge in [-0.05, 0) is 32.5 Å². The summed E-state index contributed by atoms with van der Waals surface area (Å²) in [4.78, 5) is 5.34. The van der Waals surface area contributed by atoms with Gasteiger partial charge in [0.2, 0.25) is 0 Å². The molecular formula is C13H22N4S. The summed E-state index contributed by atoms with van der Waals surface area (Å²) in [5.74, 6) is 0.131. The van der Waals surface area contributed by atoms with Gasteiger partial charge in [-0.25, -0.2) is 0 Å². The van der Waals surface area contributed by atoms with Gasteiger partial charge in [0.15, 0.2) is 0 Å². The lowest BCUT2D eigenvalue weighted by atomic mass is 10.1. The number of hydrogen-bond donors (Lipinski definition) is 2. The average Bonchev–Trinajstić information content (AvgIpc) is 2.34. The van der Waals surface area contributed by atoms with Crippen molar-refractivity contribution in [1.82, 2.24) is 4.90 Å². The second-order valence-corrected chi connectivity index (χ2v) is 5.34. The van der Waals surface area contributed by atoms with Crippen LogP contribution in [0.2, 0.25) is 0 Å². The van der Waals surface area contributed by atoms with Gasteiger partial charge in [-0.3, -0.25) is 5.41 Å². The fourth-order valence-electron chi connectivity index (χ4n) is 1.75. The van der Waals surface area contributed by atoms with Crippen LogP contribution in [0.1, 0.15) is 5.56 Å². The first-order valence-electron chi connectivity index (χ1n) is 5.84. The summed E-state index contributed by atoms with van der Waals surface area (Å²) in [6.45, 7) is 1.88. The minimum atomic E-state index is 0.131. The third-order valence-electron chi connectivity index (χ3n) is 2.79. The zero-order valence-corrected chi connectivity index (χ0v) is 12.3. The van der Waals surface area contributed by atoms with Crippen LogP contribution in [0.15, 0.2) is 23.1 Å². The number of nitrogens with two attached hydrogens (primary N) is 1. The van der Waals surface area contributed by atoms with Gasteiger partial charge in [0, 0.05) is 30.7 Å². The quantitative estimate of drug-likeness (QED) is 0.467. The lowest BCUT2D eigenvalue weighted by Crippen LogP contribution is -2.30. The Bertz CT molecular complexity index is 417. The van der Waals surface area contributed by atoms with E-state index in [-0.39, 0.29) is 5.84 Å². The molecule has 0 aliphatic heterocycles. The molecule has 0 fully saturated rings. The van der Waals surface area contributed by atoms with Gasteiger partial charge < -0.3 is 15.5 Å². The number of hydrogen-bond acceptors (Lipinski definition) is 4. The van der Waals surface area contributed by atoms with Gasteiger partial charge >= 0.3 is 0 Å². The van der Waals surface area contributed by atoms with Crippen LogP contribution < -0.4 is 10.6 Å². The fourth-order valence-corrected chi connectivity index (χ4v) is 2.38. The molecule has 100 valence electrons. The van der Waals surface area contributed by atoms with Crippen molar-refractivity contribution < 1.29 is 0 Å². The SMILES string of the molecule is CSc1cccc(N(C)CCN(C)C)c1C(=N)N. The molecule has 4 nitrogen and oxygen atoms in total. The number of likely N-dealkylation sites (N-methyl/N-ethyl adjacent to an activating group) is 2. The van der Waals surface area contributed by atoms with E-state index >= 15 is 0 Å². The minimum Gasteiger partial charge on any atom is -0.384 e. The van der Waals surface area contributed by atoms with Crippen molar-refractivity contribution in [2.75, 3.05) is 45.4 Å². The molecule has 0 amide bonds. The highest BCUT2D eigenvalue weighted by Crippen LogP contribution is 2.28. The maximum Gasteiger partial charge on any atom is 0.126 e. The number of nitrogens with zero attached hydrogens (tertiary/aromatic N) is 2. The van der Waals surface area contributed by atoms with Crippen molar-refractivity contribution in [3.63, 3.8) is 0 Å². The van der Waals surface area contributed by atoms with Crippen molar-refractivity contribution in [3.8, 4) is 0 Å². The van der Waals surface area contributed by atoms with Gasteiger partial charge in [-0.2, -0.15) is 0 Å². The molecule has 0 aliphatic rings. The van der Waals surface area contributed by atoms with Gasteiger partial charge in [0.05, 0.1) is 5.56 Å². The van der Waals surface area contributed by atoms with Crippen molar-refractivity contribution in [1.29, 1.82) is 5.41 Å². The zero-order chi connectivity index (χ0) is 13.7. The monoisotopic (exact) mass is 266 g/mol. The van der Waals surface area contributed by atoms with E-state index in [9.17, 15) is 0 Å². The molecule has 3 N–H and O–H groups in total. The molecule has 1 aromatic carbocycles. The minimum absolute atomic E-state index is 0.131.